The van der Waals surface area contributed by atoms with Crippen LogP contribution < -0.4 is 5.32 Å². The summed E-state index contributed by atoms with van der Waals surface area (Å²) in [6.07, 6.45) is 3.82. The molecule has 2 saturated heterocycles. The standard InChI is InChI=1S/C12H22N2O2/c1-12(4-6-13-7-5-12)11(16)14-8-2-3-10(14)9-15/h10,13,15H,2-9H2,1H3/t10-/m1/s1. The van der Waals surface area contributed by atoms with Crippen molar-refractivity contribution >= 4 is 5.91 Å². The Bertz CT molecular complexity index is 262. The average molecular weight is 226 g/mol. The number of aliphatic hydroxyl groups is 1. The van der Waals surface area contributed by atoms with Crippen LogP contribution in [0.25, 0.3) is 0 Å². The number of likely N-dealkylation sites (tertiary alicyclic amines) is 1. The zero-order valence-electron chi connectivity index (χ0n) is 10.0. The number of rotatable bonds is 2. The Labute approximate surface area is 97.0 Å². The zero-order valence-corrected chi connectivity index (χ0v) is 10.0. The Morgan fingerprint density at radius 1 is 1.50 bits per heavy atom. The van der Waals surface area contributed by atoms with Gasteiger partial charge in [0, 0.05) is 12.0 Å². The van der Waals surface area contributed by atoms with E-state index in [1.807, 2.05) is 4.90 Å². The van der Waals surface area contributed by atoms with Gasteiger partial charge in [0.15, 0.2) is 0 Å². The van der Waals surface area contributed by atoms with E-state index in [1.165, 1.54) is 0 Å². The Kier molecular flexibility index (Phi) is 3.50. The third-order valence-electron chi connectivity index (χ3n) is 4.07. The van der Waals surface area contributed by atoms with E-state index in [2.05, 4.69) is 12.2 Å². The predicted molar refractivity (Wildman–Crippen MR) is 62.0 cm³/mol. The van der Waals surface area contributed by atoms with Crippen LogP contribution in [0.15, 0.2) is 0 Å². The lowest BCUT2D eigenvalue weighted by Gasteiger charge is -2.37. The summed E-state index contributed by atoms with van der Waals surface area (Å²) in [5, 5.41) is 12.6. The molecule has 0 bridgehead atoms. The molecule has 2 fully saturated rings. The molecular weight excluding hydrogens is 204 g/mol. The number of hydrogen-bond donors (Lipinski definition) is 2. The van der Waals surface area contributed by atoms with Crippen LogP contribution >= 0.6 is 0 Å². The lowest BCUT2D eigenvalue weighted by Crippen LogP contribution is -2.49. The highest BCUT2D eigenvalue weighted by Gasteiger charge is 2.41. The van der Waals surface area contributed by atoms with E-state index < -0.39 is 0 Å². The summed E-state index contributed by atoms with van der Waals surface area (Å²) < 4.78 is 0. The third-order valence-corrected chi connectivity index (χ3v) is 4.07. The van der Waals surface area contributed by atoms with Crippen LogP contribution in [0.3, 0.4) is 0 Å². The summed E-state index contributed by atoms with van der Waals surface area (Å²) >= 11 is 0. The maximum absolute atomic E-state index is 12.5. The van der Waals surface area contributed by atoms with E-state index in [1.54, 1.807) is 0 Å². The zero-order chi connectivity index (χ0) is 11.6. The molecule has 2 N–H and O–H groups in total. The fourth-order valence-electron chi connectivity index (χ4n) is 2.83. The van der Waals surface area contributed by atoms with Gasteiger partial charge in [-0.3, -0.25) is 4.79 Å². The summed E-state index contributed by atoms with van der Waals surface area (Å²) in [6.45, 7) is 4.87. The molecule has 0 aromatic carbocycles. The number of nitrogens with one attached hydrogen (secondary N) is 1. The lowest BCUT2D eigenvalue weighted by molar-refractivity contribution is -0.144. The largest absolute Gasteiger partial charge is 0.394 e. The molecule has 1 amide bonds. The quantitative estimate of drug-likeness (QED) is 0.715. The topological polar surface area (TPSA) is 52.6 Å². The van der Waals surface area contributed by atoms with Crippen LogP contribution in [0.1, 0.15) is 32.6 Å². The van der Waals surface area contributed by atoms with E-state index in [-0.39, 0.29) is 24.0 Å². The van der Waals surface area contributed by atoms with Crippen molar-refractivity contribution in [3.05, 3.63) is 0 Å². The fourth-order valence-corrected chi connectivity index (χ4v) is 2.83. The van der Waals surface area contributed by atoms with Gasteiger partial charge in [-0.05, 0) is 38.8 Å². The van der Waals surface area contributed by atoms with Gasteiger partial charge in [-0.15, -0.1) is 0 Å². The molecule has 0 radical (unpaired) electrons. The maximum atomic E-state index is 12.5. The number of amides is 1. The molecule has 0 aliphatic carbocycles. The molecule has 0 aromatic rings. The molecule has 0 unspecified atom stereocenters. The molecule has 0 aromatic heterocycles. The molecular formula is C12H22N2O2. The molecule has 2 heterocycles. The number of nitrogens with zero attached hydrogens (tertiary/aromatic N) is 1. The highest BCUT2D eigenvalue weighted by Crippen LogP contribution is 2.33. The Hall–Kier alpha value is -0.610. The van der Waals surface area contributed by atoms with Gasteiger partial charge in [0.25, 0.3) is 0 Å². The summed E-state index contributed by atoms with van der Waals surface area (Å²) in [4.78, 5) is 14.4. The smallest absolute Gasteiger partial charge is 0.228 e. The molecule has 4 heteroatoms. The number of piperidine rings is 1. The predicted octanol–water partition coefficient (Wildman–Crippen LogP) is 0.359. The van der Waals surface area contributed by atoms with Crippen molar-refractivity contribution in [2.45, 2.75) is 38.6 Å². The molecule has 0 saturated carbocycles. The minimum Gasteiger partial charge on any atom is -0.394 e. The SMILES string of the molecule is CC1(C(=O)N2CCC[C@@H]2CO)CCNCC1. The number of carbonyl (C=O) groups is 1. The third kappa shape index (κ3) is 2.09. The molecule has 16 heavy (non-hydrogen) atoms. The molecule has 2 aliphatic rings. The summed E-state index contributed by atoms with van der Waals surface area (Å²) in [6, 6.07) is 0.0687. The van der Waals surface area contributed by atoms with E-state index in [4.69, 9.17) is 0 Å². The first-order chi connectivity index (χ1) is 7.67. The normalized spacial score (nSPS) is 29.4. The molecule has 1 atom stereocenters. The van der Waals surface area contributed by atoms with Crippen LogP contribution in [0.4, 0.5) is 0 Å². The summed E-state index contributed by atoms with van der Waals surface area (Å²) in [5.74, 6) is 0.255. The fraction of sp³-hybridized carbons (Fsp3) is 0.917. The number of carbonyl (C=O) groups excluding carboxylic acids is 1. The van der Waals surface area contributed by atoms with Crippen molar-refractivity contribution in [2.75, 3.05) is 26.2 Å². The number of hydrogen-bond acceptors (Lipinski definition) is 3. The second kappa shape index (κ2) is 4.72. The van der Waals surface area contributed by atoms with E-state index in [0.717, 1.165) is 45.3 Å². The van der Waals surface area contributed by atoms with E-state index >= 15 is 0 Å². The monoisotopic (exact) mass is 226 g/mol. The Morgan fingerprint density at radius 2 is 2.19 bits per heavy atom. The van der Waals surface area contributed by atoms with Crippen molar-refractivity contribution < 1.29 is 9.90 Å². The molecule has 0 spiro atoms. The minimum absolute atomic E-state index is 0.0687. The van der Waals surface area contributed by atoms with Gasteiger partial charge >= 0.3 is 0 Å². The van der Waals surface area contributed by atoms with E-state index in [9.17, 15) is 9.90 Å². The van der Waals surface area contributed by atoms with Gasteiger partial charge in [0.2, 0.25) is 5.91 Å². The number of aliphatic hydroxyl groups excluding tert-OH is 1. The van der Waals surface area contributed by atoms with Crippen molar-refractivity contribution in [3.63, 3.8) is 0 Å². The molecule has 2 rings (SSSR count). The van der Waals surface area contributed by atoms with Gasteiger partial charge in [0.05, 0.1) is 12.6 Å². The summed E-state index contributed by atoms with van der Waals surface area (Å²) in [5.41, 5.74) is -0.205. The van der Waals surface area contributed by atoms with Crippen molar-refractivity contribution in [1.82, 2.24) is 10.2 Å². The van der Waals surface area contributed by atoms with Crippen LogP contribution in [-0.4, -0.2) is 48.2 Å². The van der Waals surface area contributed by atoms with Gasteiger partial charge < -0.3 is 15.3 Å². The van der Waals surface area contributed by atoms with Crippen LogP contribution in [-0.2, 0) is 4.79 Å². The van der Waals surface area contributed by atoms with Crippen LogP contribution in [0.2, 0.25) is 0 Å². The first kappa shape index (κ1) is 11.9. The van der Waals surface area contributed by atoms with Gasteiger partial charge in [0.1, 0.15) is 0 Å². The molecule has 4 nitrogen and oxygen atoms in total. The van der Waals surface area contributed by atoms with E-state index in [0.29, 0.717) is 0 Å². The van der Waals surface area contributed by atoms with Gasteiger partial charge in [-0.1, -0.05) is 6.92 Å². The second-order valence-electron chi connectivity index (χ2n) is 5.29. The van der Waals surface area contributed by atoms with Crippen molar-refractivity contribution in [3.8, 4) is 0 Å². The molecule has 92 valence electrons. The summed E-state index contributed by atoms with van der Waals surface area (Å²) in [7, 11) is 0. The first-order valence-corrected chi connectivity index (χ1v) is 6.30. The highest BCUT2D eigenvalue weighted by atomic mass is 16.3. The van der Waals surface area contributed by atoms with Crippen LogP contribution in [0.5, 0.6) is 0 Å². The van der Waals surface area contributed by atoms with Crippen molar-refractivity contribution in [1.29, 1.82) is 0 Å². The lowest BCUT2D eigenvalue weighted by atomic mass is 9.79. The molecule has 2 aliphatic heterocycles. The van der Waals surface area contributed by atoms with Crippen LogP contribution in [0, 0.1) is 5.41 Å². The minimum atomic E-state index is -0.205. The average Bonchev–Trinajstić information content (AvgIpc) is 2.77. The maximum Gasteiger partial charge on any atom is 0.228 e. The first-order valence-electron chi connectivity index (χ1n) is 6.30. The van der Waals surface area contributed by atoms with Gasteiger partial charge in [-0.2, -0.15) is 0 Å². The van der Waals surface area contributed by atoms with Gasteiger partial charge in [-0.25, -0.2) is 0 Å². The highest BCUT2D eigenvalue weighted by molar-refractivity contribution is 5.83. The van der Waals surface area contributed by atoms with Crippen molar-refractivity contribution in [2.24, 2.45) is 5.41 Å². The second-order valence-corrected chi connectivity index (χ2v) is 5.29. The Balaban J connectivity index is 2.05. The Morgan fingerprint density at radius 3 is 2.81 bits per heavy atom.